The van der Waals surface area contributed by atoms with Crippen LogP contribution >= 0.6 is 0 Å². The minimum atomic E-state index is -3.44. The SMILES string of the molecule is C=CCNC(=O)CCN(c1cc(C)ccc1C)S(C)(=O)=O. The zero-order valence-corrected chi connectivity index (χ0v) is 13.5. The van der Waals surface area contributed by atoms with Crippen molar-refractivity contribution in [2.45, 2.75) is 20.3 Å². The number of hydrogen-bond acceptors (Lipinski definition) is 3. The Morgan fingerprint density at radius 1 is 1.38 bits per heavy atom. The lowest BCUT2D eigenvalue weighted by Gasteiger charge is -2.24. The third-order valence-corrected chi connectivity index (χ3v) is 4.20. The van der Waals surface area contributed by atoms with Crippen LogP contribution in [0.15, 0.2) is 30.9 Å². The van der Waals surface area contributed by atoms with Crippen molar-refractivity contribution in [3.05, 3.63) is 42.0 Å². The van der Waals surface area contributed by atoms with Crippen LogP contribution in [0.3, 0.4) is 0 Å². The first kappa shape index (κ1) is 17.2. The molecule has 0 spiro atoms. The van der Waals surface area contributed by atoms with E-state index in [1.54, 1.807) is 6.08 Å². The van der Waals surface area contributed by atoms with Crippen molar-refractivity contribution < 1.29 is 13.2 Å². The summed E-state index contributed by atoms with van der Waals surface area (Å²) in [6, 6.07) is 5.62. The van der Waals surface area contributed by atoms with E-state index in [4.69, 9.17) is 0 Å². The van der Waals surface area contributed by atoms with Gasteiger partial charge in [-0.2, -0.15) is 0 Å². The molecule has 0 aliphatic rings. The van der Waals surface area contributed by atoms with Crippen LogP contribution in [0.2, 0.25) is 0 Å². The zero-order valence-electron chi connectivity index (χ0n) is 12.7. The lowest BCUT2D eigenvalue weighted by atomic mass is 10.1. The van der Waals surface area contributed by atoms with Crippen LogP contribution in [0.4, 0.5) is 5.69 Å². The fraction of sp³-hybridized carbons (Fsp3) is 0.400. The van der Waals surface area contributed by atoms with Gasteiger partial charge in [-0.05, 0) is 31.0 Å². The van der Waals surface area contributed by atoms with Crippen molar-refractivity contribution in [2.75, 3.05) is 23.7 Å². The second-order valence-electron chi connectivity index (χ2n) is 4.97. The summed E-state index contributed by atoms with van der Waals surface area (Å²) in [5, 5.41) is 2.64. The molecular weight excluding hydrogens is 288 g/mol. The molecule has 5 nitrogen and oxygen atoms in total. The van der Waals surface area contributed by atoms with E-state index in [-0.39, 0.29) is 18.9 Å². The van der Waals surface area contributed by atoms with Gasteiger partial charge in [-0.15, -0.1) is 6.58 Å². The van der Waals surface area contributed by atoms with Crippen molar-refractivity contribution in [2.24, 2.45) is 0 Å². The van der Waals surface area contributed by atoms with E-state index >= 15 is 0 Å². The van der Waals surface area contributed by atoms with E-state index < -0.39 is 10.0 Å². The van der Waals surface area contributed by atoms with Gasteiger partial charge in [0.05, 0.1) is 11.9 Å². The van der Waals surface area contributed by atoms with Gasteiger partial charge in [0.15, 0.2) is 0 Å². The molecule has 0 fully saturated rings. The molecule has 116 valence electrons. The van der Waals surface area contributed by atoms with Crippen molar-refractivity contribution in [3.63, 3.8) is 0 Å². The third-order valence-electron chi connectivity index (χ3n) is 3.02. The maximum absolute atomic E-state index is 12.0. The maximum atomic E-state index is 12.0. The number of sulfonamides is 1. The van der Waals surface area contributed by atoms with Gasteiger partial charge >= 0.3 is 0 Å². The molecule has 21 heavy (non-hydrogen) atoms. The second-order valence-corrected chi connectivity index (χ2v) is 6.87. The van der Waals surface area contributed by atoms with Crippen LogP contribution in [0.1, 0.15) is 17.5 Å². The number of amides is 1. The molecule has 0 unspecified atom stereocenters. The predicted octanol–water partition coefficient (Wildman–Crippen LogP) is 1.76. The van der Waals surface area contributed by atoms with Crippen molar-refractivity contribution >= 4 is 21.6 Å². The van der Waals surface area contributed by atoms with Gasteiger partial charge in [0.2, 0.25) is 15.9 Å². The molecule has 0 saturated heterocycles. The minimum absolute atomic E-state index is 0.105. The molecule has 0 aromatic heterocycles. The minimum Gasteiger partial charge on any atom is -0.353 e. The van der Waals surface area contributed by atoms with Crippen molar-refractivity contribution in [3.8, 4) is 0 Å². The largest absolute Gasteiger partial charge is 0.353 e. The highest BCUT2D eigenvalue weighted by Gasteiger charge is 2.20. The molecule has 0 saturated carbocycles. The number of hydrogen-bond donors (Lipinski definition) is 1. The molecule has 0 heterocycles. The van der Waals surface area contributed by atoms with Crippen LogP contribution in [0.5, 0.6) is 0 Å². The molecule has 0 aliphatic carbocycles. The van der Waals surface area contributed by atoms with Crippen LogP contribution in [0.25, 0.3) is 0 Å². The van der Waals surface area contributed by atoms with E-state index in [1.807, 2.05) is 32.0 Å². The van der Waals surface area contributed by atoms with Crippen molar-refractivity contribution in [1.29, 1.82) is 0 Å². The quantitative estimate of drug-likeness (QED) is 0.780. The van der Waals surface area contributed by atoms with Crippen molar-refractivity contribution in [1.82, 2.24) is 5.32 Å². The molecule has 6 heteroatoms. The monoisotopic (exact) mass is 310 g/mol. The Kier molecular flexibility index (Phi) is 5.96. The van der Waals surface area contributed by atoms with Gasteiger partial charge in [-0.25, -0.2) is 8.42 Å². The molecular formula is C15H22N2O3S. The molecule has 0 aliphatic heterocycles. The smallest absolute Gasteiger partial charge is 0.232 e. The Morgan fingerprint density at radius 3 is 2.62 bits per heavy atom. The van der Waals surface area contributed by atoms with Gasteiger partial charge in [-0.1, -0.05) is 18.2 Å². The highest BCUT2D eigenvalue weighted by Crippen LogP contribution is 2.24. The Bertz CT molecular complexity index is 624. The average Bonchev–Trinajstić information content (AvgIpc) is 2.39. The molecule has 0 atom stereocenters. The maximum Gasteiger partial charge on any atom is 0.232 e. The number of nitrogens with zero attached hydrogens (tertiary/aromatic N) is 1. The number of carbonyl (C=O) groups excluding carboxylic acids is 1. The molecule has 0 bridgehead atoms. The summed E-state index contributed by atoms with van der Waals surface area (Å²) in [5.74, 6) is -0.200. The van der Waals surface area contributed by atoms with Crippen LogP contribution in [0, 0.1) is 13.8 Å². The van der Waals surface area contributed by atoms with Gasteiger partial charge in [0.1, 0.15) is 0 Å². The van der Waals surface area contributed by atoms with E-state index in [9.17, 15) is 13.2 Å². The topological polar surface area (TPSA) is 66.5 Å². The Balaban J connectivity index is 2.95. The fourth-order valence-electron chi connectivity index (χ4n) is 1.93. The lowest BCUT2D eigenvalue weighted by Crippen LogP contribution is -2.35. The van der Waals surface area contributed by atoms with E-state index in [0.717, 1.165) is 17.4 Å². The molecule has 0 radical (unpaired) electrons. The summed E-state index contributed by atoms with van der Waals surface area (Å²) in [6.45, 7) is 7.76. The summed E-state index contributed by atoms with van der Waals surface area (Å²) in [7, 11) is -3.44. The van der Waals surface area contributed by atoms with E-state index in [1.165, 1.54) is 4.31 Å². The van der Waals surface area contributed by atoms with Crippen LogP contribution in [-0.2, 0) is 14.8 Å². The van der Waals surface area contributed by atoms with Gasteiger partial charge < -0.3 is 5.32 Å². The lowest BCUT2D eigenvalue weighted by molar-refractivity contribution is -0.120. The summed E-state index contributed by atoms with van der Waals surface area (Å²) in [6.07, 6.45) is 2.83. The summed E-state index contributed by atoms with van der Waals surface area (Å²) in [5.41, 5.74) is 2.45. The second kappa shape index (κ2) is 7.26. The van der Waals surface area contributed by atoms with E-state index in [2.05, 4.69) is 11.9 Å². The van der Waals surface area contributed by atoms with E-state index in [0.29, 0.717) is 12.2 Å². The average molecular weight is 310 g/mol. The van der Waals surface area contributed by atoms with Crippen LogP contribution < -0.4 is 9.62 Å². The predicted molar refractivity (Wildman–Crippen MR) is 85.9 cm³/mol. The molecule has 1 aromatic carbocycles. The van der Waals surface area contributed by atoms with Gasteiger partial charge in [-0.3, -0.25) is 9.10 Å². The number of anilines is 1. The molecule has 1 rings (SSSR count). The van der Waals surface area contributed by atoms with Gasteiger partial charge in [0.25, 0.3) is 0 Å². The highest BCUT2D eigenvalue weighted by molar-refractivity contribution is 7.92. The Labute approximate surface area is 126 Å². The highest BCUT2D eigenvalue weighted by atomic mass is 32.2. The zero-order chi connectivity index (χ0) is 16.0. The normalized spacial score (nSPS) is 11.0. The molecule has 1 amide bonds. The number of benzene rings is 1. The summed E-state index contributed by atoms with van der Waals surface area (Å²) < 4.78 is 25.3. The summed E-state index contributed by atoms with van der Waals surface area (Å²) >= 11 is 0. The Hall–Kier alpha value is -1.82. The third kappa shape index (κ3) is 5.23. The first-order valence-corrected chi connectivity index (χ1v) is 8.53. The van der Waals surface area contributed by atoms with Gasteiger partial charge in [0, 0.05) is 19.5 Å². The molecule has 1 N–H and O–H groups in total. The number of aryl methyl sites for hydroxylation is 2. The Morgan fingerprint density at radius 2 is 2.05 bits per heavy atom. The standard InChI is InChI=1S/C15H22N2O3S/c1-5-9-16-15(18)8-10-17(21(4,19)20)14-11-12(2)6-7-13(14)3/h5-7,11H,1,8-10H2,2-4H3,(H,16,18). The number of nitrogens with one attached hydrogen (secondary N) is 1. The molecule has 1 aromatic rings. The summed E-state index contributed by atoms with van der Waals surface area (Å²) in [4.78, 5) is 11.6. The fourth-order valence-corrected chi connectivity index (χ4v) is 2.91. The number of carbonyl (C=O) groups is 1. The number of rotatable bonds is 7. The first-order valence-electron chi connectivity index (χ1n) is 6.68. The van der Waals surface area contributed by atoms with Crippen LogP contribution in [-0.4, -0.2) is 33.7 Å². The first-order chi connectivity index (χ1) is 9.75.